The molecule has 0 unspecified atom stereocenters. The van der Waals surface area contributed by atoms with Crippen molar-refractivity contribution in [1.29, 1.82) is 0 Å². The molecule has 0 radical (unpaired) electrons. The first-order chi connectivity index (χ1) is 8.24. The fraction of sp³-hybridized carbons (Fsp3) is 0.231. The van der Waals surface area contributed by atoms with Gasteiger partial charge in [-0.2, -0.15) is 0 Å². The van der Waals surface area contributed by atoms with Gasteiger partial charge in [-0.1, -0.05) is 6.07 Å². The number of hydrogen-bond acceptors (Lipinski definition) is 4. The summed E-state index contributed by atoms with van der Waals surface area (Å²) in [7, 11) is 2.06. The zero-order valence-electron chi connectivity index (χ0n) is 9.87. The van der Waals surface area contributed by atoms with Gasteiger partial charge in [0.05, 0.1) is 5.69 Å². The first kappa shape index (κ1) is 11.5. The van der Waals surface area contributed by atoms with Crippen LogP contribution in [0.15, 0.2) is 42.7 Å². The summed E-state index contributed by atoms with van der Waals surface area (Å²) in [4.78, 5) is 10.5. The maximum Gasteiger partial charge on any atom is 0.123 e. The van der Waals surface area contributed by atoms with Crippen LogP contribution in [0.5, 0.6) is 0 Å². The zero-order chi connectivity index (χ0) is 12.1. The third kappa shape index (κ3) is 3.53. The van der Waals surface area contributed by atoms with Crippen molar-refractivity contribution < 1.29 is 0 Å². The number of rotatable bonds is 4. The van der Waals surface area contributed by atoms with Crippen molar-refractivity contribution in [2.75, 3.05) is 12.8 Å². The van der Waals surface area contributed by atoms with E-state index in [2.05, 4.69) is 21.9 Å². The first-order valence-corrected chi connectivity index (χ1v) is 5.53. The van der Waals surface area contributed by atoms with Crippen molar-refractivity contribution in [3.05, 3.63) is 54.0 Å². The van der Waals surface area contributed by atoms with E-state index in [0.717, 1.165) is 18.8 Å². The number of anilines is 1. The average molecular weight is 228 g/mol. The number of pyridine rings is 2. The van der Waals surface area contributed by atoms with Crippen molar-refractivity contribution >= 4 is 5.82 Å². The lowest BCUT2D eigenvalue weighted by atomic mass is 10.2. The average Bonchev–Trinajstić information content (AvgIpc) is 2.30. The lowest BCUT2D eigenvalue weighted by Crippen LogP contribution is -2.18. The number of nitrogens with two attached hydrogens (primary N) is 1. The molecule has 2 aromatic rings. The van der Waals surface area contributed by atoms with Crippen LogP contribution in [0.1, 0.15) is 11.3 Å². The molecule has 0 spiro atoms. The van der Waals surface area contributed by atoms with Gasteiger partial charge < -0.3 is 5.73 Å². The normalized spacial score (nSPS) is 10.7. The van der Waals surface area contributed by atoms with E-state index in [0.29, 0.717) is 5.82 Å². The summed E-state index contributed by atoms with van der Waals surface area (Å²) in [6.07, 6.45) is 3.61. The highest BCUT2D eigenvalue weighted by Gasteiger charge is 2.02. The molecule has 4 nitrogen and oxygen atoms in total. The summed E-state index contributed by atoms with van der Waals surface area (Å²) >= 11 is 0. The van der Waals surface area contributed by atoms with Gasteiger partial charge in [0.1, 0.15) is 5.82 Å². The van der Waals surface area contributed by atoms with Crippen molar-refractivity contribution in [1.82, 2.24) is 14.9 Å². The van der Waals surface area contributed by atoms with Crippen molar-refractivity contribution in [3.8, 4) is 0 Å². The van der Waals surface area contributed by atoms with Crippen LogP contribution in [0, 0.1) is 0 Å². The highest BCUT2D eigenvalue weighted by Crippen LogP contribution is 2.07. The van der Waals surface area contributed by atoms with E-state index >= 15 is 0 Å². The molecule has 88 valence electrons. The van der Waals surface area contributed by atoms with Gasteiger partial charge in [0.2, 0.25) is 0 Å². The quantitative estimate of drug-likeness (QED) is 0.865. The van der Waals surface area contributed by atoms with E-state index in [4.69, 9.17) is 5.73 Å². The van der Waals surface area contributed by atoms with Crippen LogP contribution < -0.4 is 5.73 Å². The lowest BCUT2D eigenvalue weighted by Gasteiger charge is -2.16. The molecule has 17 heavy (non-hydrogen) atoms. The van der Waals surface area contributed by atoms with Crippen molar-refractivity contribution in [2.24, 2.45) is 0 Å². The van der Waals surface area contributed by atoms with E-state index < -0.39 is 0 Å². The minimum Gasteiger partial charge on any atom is -0.384 e. The number of nitrogens with zero attached hydrogens (tertiary/aromatic N) is 3. The Morgan fingerprint density at radius 1 is 1.12 bits per heavy atom. The molecule has 2 N–H and O–H groups in total. The van der Waals surface area contributed by atoms with Crippen LogP contribution >= 0.6 is 0 Å². The molecule has 0 aliphatic heterocycles. The Balaban J connectivity index is 1.96. The van der Waals surface area contributed by atoms with E-state index in [9.17, 15) is 0 Å². The topological polar surface area (TPSA) is 55.0 Å². The second kappa shape index (κ2) is 5.41. The second-order valence-electron chi connectivity index (χ2n) is 4.08. The van der Waals surface area contributed by atoms with Gasteiger partial charge in [0.25, 0.3) is 0 Å². The molecule has 0 atom stereocenters. The van der Waals surface area contributed by atoms with Crippen LogP contribution in [-0.2, 0) is 13.1 Å². The predicted molar refractivity (Wildman–Crippen MR) is 68.1 cm³/mol. The van der Waals surface area contributed by atoms with E-state index in [1.807, 2.05) is 36.7 Å². The van der Waals surface area contributed by atoms with Crippen LogP contribution in [0.2, 0.25) is 0 Å². The second-order valence-corrected chi connectivity index (χ2v) is 4.08. The SMILES string of the molecule is CN(Cc1ccncc1)Cc1cccc(N)n1. The summed E-state index contributed by atoms with van der Waals surface area (Å²) in [5.74, 6) is 0.569. The lowest BCUT2D eigenvalue weighted by molar-refractivity contribution is 0.315. The molecule has 0 saturated heterocycles. The molecular weight excluding hydrogens is 212 g/mol. The Kier molecular flexibility index (Phi) is 3.67. The zero-order valence-corrected chi connectivity index (χ0v) is 9.87. The maximum atomic E-state index is 5.65. The number of nitrogen functional groups attached to an aromatic ring is 1. The van der Waals surface area contributed by atoms with E-state index in [1.54, 1.807) is 6.07 Å². The van der Waals surface area contributed by atoms with Crippen LogP contribution in [0.25, 0.3) is 0 Å². The summed E-state index contributed by atoms with van der Waals surface area (Å²) in [5.41, 5.74) is 7.88. The molecule has 2 heterocycles. The molecule has 2 rings (SSSR count). The molecular formula is C13H16N4. The monoisotopic (exact) mass is 228 g/mol. The van der Waals surface area contributed by atoms with Crippen molar-refractivity contribution in [3.63, 3.8) is 0 Å². The Morgan fingerprint density at radius 3 is 2.59 bits per heavy atom. The highest BCUT2D eigenvalue weighted by atomic mass is 15.1. The maximum absolute atomic E-state index is 5.65. The fourth-order valence-electron chi connectivity index (χ4n) is 1.72. The molecule has 2 aromatic heterocycles. The minimum absolute atomic E-state index is 0.569. The van der Waals surface area contributed by atoms with Gasteiger partial charge in [-0.25, -0.2) is 4.98 Å². The number of aromatic nitrogens is 2. The fourth-order valence-corrected chi connectivity index (χ4v) is 1.72. The third-order valence-corrected chi connectivity index (χ3v) is 2.46. The number of hydrogen-bond donors (Lipinski definition) is 1. The van der Waals surface area contributed by atoms with Gasteiger partial charge in [-0.05, 0) is 36.9 Å². The summed E-state index contributed by atoms with van der Waals surface area (Å²) in [5, 5.41) is 0. The summed E-state index contributed by atoms with van der Waals surface area (Å²) in [6, 6.07) is 9.75. The van der Waals surface area contributed by atoms with E-state index in [-0.39, 0.29) is 0 Å². The summed E-state index contributed by atoms with van der Waals surface area (Å²) < 4.78 is 0. The molecule has 0 bridgehead atoms. The molecule has 0 aromatic carbocycles. The Bertz CT molecular complexity index is 470. The largest absolute Gasteiger partial charge is 0.384 e. The Labute approximate surface area is 101 Å². The van der Waals surface area contributed by atoms with Gasteiger partial charge >= 0.3 is 0 Å². The standard InChI is InChI=1S/C13H16N4/c1-17(9-11-5-7-15-8-6-11)10-12-3-2-4-13(14)16-12/h2-8H,9-10H2,1H3,(H2,14,16). The highest BCUT2D eigenvalue weighted by molar-refractivity contribution is 5.28. The molecule has 0 aliphatic carbocycles. The van der Waals surface area contributed by atoms with Gasteiger partial charge in [-0.15, -0.1) is 0 Å². The van der Waals surface area contributed by atoms with Gasteiger partial charge in [-0.3, -0.25) is 9.88 Å². The minimum atomic E-state index is 0.569. The van der Waals surface area contributed by atoms with E-state index in [1.165, 1.54) is 5.56 Å². The Morgan fingerprint density at radius 2 is 1.88 bits per heavy atom. The van der Waals surface area contributed by atoms with Gasteiger partial charge in [0, 0.05) is 25.5 Å². The first-order valence-electron chi connectivity index (χ1n) is 5.53. The molecule has 0 fully saturated rings. The Hall–Kier alpha value is -1.94. The van der Waals surface area contributed by atoms with Crippen molar-refractivity contribution in [2.45, 2.75) is 13.1 Å². The third-order valence-electron chi connectivity index (χ3n) is 2.46. The van der Waals surface area contributed by atoms with Gasteiger partial charge in [0.15, 0.2) is 0 Å². The predicted octanol–water partition coefficient (Wildman–Crippen LogP) is 1.69. The summed E-state index contributed by atoms with van der Waals surface area (Å²) in [6.45, 7) is 1.66. The molecule has 0 amide bonds. The molecule has 0 aliphatic rings. The van der Waals surface area contributed by atoms with Crippen LogP contribution in [0.3, 0.4) is 0 Å². The smallest absolute Gasteiger partial charge is 0.123 e. The van der Waals surface area contributed by atoms with Crippen LogP contribution in [-0.4, -0.2) is 21.9 Å². The van der Waals surface area contributed by atoms with Crippen LogP contribution in [0.4, 0.5) is 5.82 Å². The molecule has 4 heteroatoms. The molecule has 0 saturated carbocycles.